The van der Waals surface area contributed by atoms with Crippen molar-refractivity contribution < 1.29 is 9.47 Å². The van der Waals surface area contributed by atoms with E-state index in [4.69, 9.17) is 9.47 Å². The molecule has 4 nitrogen and oxygen atoms in total. The first-order valence-electron chi connectivity index (χ1n) is 9.39. The van der Waals surface area contributed by atoms with Crippen LogP contribution in [0.5, 0.6) is 11.5 Å². The summed E-state index contributed by atoms with van der Waals surface area (Å²) in [5, 5.41) is 6.77. The lowest BCUT2D eigenvalue weighted by molar-refractivity contribution is 0.162. The van der Waals surface area contributed by atoms with Crippen LogP contribution in [0, 0.1) is 0 Å². The van der Waals surface area contributed by atoms with Crippen molar-refractivity contribution in [2.75, 3.05) is 19.6 Å². The van der Waals surface area contributed by atoms with E-state index in [0.717, 1.165) is 67.0 Å². The van der Waals surface area contributed by atoms with Gasteiger partial charge < -0.3 is 20.1 Å². The molecule has 0 atom stereocenters. The summed E-state index contributed by atoms with van der Waals surface area (Å²) < 4.78 is 13.2. The number of fused-ring (bicyclic) bond motifs is 1. The van der Waals surface area contributed by atoms with Gasteiger partial charge in [-0.05, 0) is 79.9 Å². The number of nitrogens with one attached hydrogen (secondary N) is 2. The second-order valence-corrected chi connectivity index (χ2v) is 7.82. The number of benzene rings is 2. The van der Waals surface area contributed by atoms with Crippen molar-refractivity contribution in [2.24, 2.45) is 0 Å². The minimum Gasteiger partial charge on any atom is -0.490 e. The van der Waals surface area contributed by atoms with Gasteiger partial charge in [0.15, 0.2) is 0 Å². The monoisotopic (exact) mass is 416 g/mol. The topological polar surface area (TPSA) is 42.5 Å². The summed E-state index contributed by atoms with van der Waals surface area (Å²) >= 11 is 3.67. The minimum absolute atomic E-state index is 0.334. The lowest BCUT2D eigenvalue weighted by Gasteiger charge is -2.23. The van der Waals surface area contributed by atoms with Crippen LogP contribution in [-0.4, -0.2) is 25.7 Å². The normalized spacial score (nSPS) is 17.6. The SMILES string of the molecule is Brc1cc(OCc2ccc(OC3CCNCC3)cc2)cc2c1CNCC2. The van der Waals surface area contributed by atoms with E-state index >= 15 is 0 Å². The van der Waals surface area contributed by atoms with Gasteiger partial charge in [-0.25, -0.2) is 0 Å². The molecule has 0 unspecified atom stereocenters. The Hall–Kier alpha value is -1.56. The van der Waals surface area contributed by atoms with Gasteiger partial charge in [-0.2, -0.15) is 0 Å². The van der Waals surface area contributed by atoms with E-state index in [1.165, 1.54) is 11.1 Å². The van der Waals surface area contributed by atoms with Crippen molar-refractivity contribution in [1.29, 1.82) is 0 Å². The highest BCUT2D eigenvalue weighted by atomic mass is 79.9. The van der Waals surface area contributed by atoms with Crippen molar-refractivity contribution in [2.45, 2.75) is 38.5 Å². The van der Waals surface area contributed by atoms with Crippen molar-refractivity contribution in [1.82, 2.24) is 10.6 Å². The molecule has 0 aromatic heterocycles. The van der Waals surface area contributed by atoms with Gasteiger partial charge in [0.25, 0.3) is 0 Å². The number of hydrogen-bond donors (Lipinski definition) is 2. The molecule has 2 N–H and O–H groups in total. The van der Waals surface area contributed by atoms with Crippen LogP contribution in [0.2, 0.25) is 0 Å². The Kier molecular flexibility index (Phi) is 5.78. The predicted octanol–water partition coefficient (Wildman–Crippen LogP) is 3.80. The van der Waals surface area contributed by atoms with E-state index in [0.29, 0.717) is 12.7 Å². The third-order valence-electron chi connectivity index (χ3n) is 5.05. The van der Waals surface area contributed by atoms with Crippen LogP contribution in [0.4, 0.5) is 0 Å². The van der Waals surface area contributed by atoms with Crippen LogP contribution in [-0.2, 0) is 19.6 Å². The van der Waals surface area contributed by atoms with Crippen LogP contribution >= 0.6 is 15.9 Å². The fourth-order valence-electron chi connectivity index (χ4n) is 3.54. The Morgan fingerprint density at radius 3 is 2.58 bits per heavy atom. The quantitative estimate of drug-likeness (QED) is 0.777. The maximum Gasteiger partial charge on any atom is 0.121 e. The van der Waals surface area contributed by atoms with Crippen molar-refractivity contribution in [3.63, 3.8) is 0 Å². The average Bonchev–Trinajstić information content (AvgIpc) is 2.68. The van der Waals surface area contributed by atoms with Crippen LogP contribution in [0.3, 0.4) is 0 Å². The summed E-state index contributed by atoms with van der Waals surface area (Å²) in [4.78, 5) is 0. The highest BCUT2D eigenvalue weighted by Gasteiger charge is 2.15. The molecule has 2 aromatic rings. The summed E-state index contributed by atoms with van der Waals surface area (Å²) in [6.45, 7) is 4.61. The molecule has 2 aliphatic heterocycles. The standard InChI is InChI=1S/C21H25BrN2O2/c22-21-12-19(11-16-5-8-24-13-20(16)21)25-14-15-1-3-17(4-2-15)26-18-6-9-23-10-7-18/h1-4,11-12,18,23-24H,5-10,13-14H2. The molecule has 2 heterocycles. The van der Waals surface area contributed by atoms with Crippen molar-refractivity contribution >= 4 is 15.9 Å². The summed E-state index contributed by atoms with van der Waals surface area (Å²) in [6.07, 6.45) is 3.54. The van der Waals surface area contributed by atoms with E-state index in [-0.39, 0.29) is 0 Å². The summed E-state index contributed by atoms with van der Waals surface area (Å²) in [7, 11) is 0. The van der Waals surface area contributed by atoms with E-state index in [1.807, 2.05) is 0 Å². The summed E-state index contributed by atoms with van der Waals surface area (Å²) in [6, 6.07) is 12.5. The fourth-order valence-corrected chi connectivity index (χ4v) is 4.16. The van der Waals surface area contributed by atoms with E-state index < -0.39 is 0 Å². The maximum atomic E-state index is 6.06. The predicted molar refractivity (Wildman–Crippen MR) is 107 cm³/mol. The van der Waals surface area contributed by atoms with E-state index in [2.05, 4.69) is 63.0 Å². The van der Waals surface area contributed by atoms with Gasteiger partial charge in [0.2, 0.25) is 0 Å². The molecule has 5 heteroatoms. The molecule has 26 heavy (non-hydrogen) atoms. The molecule has 1 fully saturated rings. The molecule has 4 rings (SSSR count). The number of ether oxygens (including phenoxy) is 2. The molecule has 138 valence electrons. The molecule has 1 saturated heterocycles. The first kappa shape index (κ1) is 17.8. The second kappa shape index (κ2) is 8.42. The molecule has 0 saturated carbocycles. The molecule has 0 bridgehead atoms. The first-order chi connectivity index (χ1) is 12.8. The van der Waals surface area contributed by atoms with Gasteiger partial charge in [-0.3, -0.25) is 0 Å². The van der Waals surface area contributed by atoms with Crippen LogP contribution in [0.25, 0.3) is 0 Å². The third-order valence-corrected chi connectivity index (χ3v) is 5.76. The third kappa shape index (κ3) is 4.40. The van der Waals surface area contributed by atoms with Gasteiger partial charge in [-0.1, -0.05) is 28.1 Å². The number of piperidine rings is 1. The molecule has 0 radical (unpaired) electrons. The van der Waals surface area contributed by atoms with Gasteiger partial charge in [-0.15, -0.1) is 0 Å². The Labute approximate surface area is 163 Å². The van der Waals surface area contributed by atoms with Crippen molar-refractivity contribution in [3.8, 4) is 11.5 Å². The molecule has 2 aromatic carbocycles. The van der Waals surface area contributed by atoms with Gasteiger partial charge >= 0.3 is 0 Å². The van der Waals surface area contributed by atoms with Crippen LogP contribution in [0.1, 0.15) is 29.5 Å². The highest BCUT2D eigenvalue weighted by molar-refractivity contribution is 9.10. The van der Waals surface area contributed by atoms with E-state index in [9.17, 15) is 0 Å². The maximum absolute atomic E-state index is 6.06. The Morgan fingerprint density at radius 1 is 0.962 bits per heavy atom. The Balaban J connectivity index is 1.35. The van der Waals surface area contributed by atoms with Gasteiger partial charge in [0, 0.05) is 11.0 Å². The van der Waals surface area contributed by atoms with Crippen LogP contribution in [0.15, 0.2) is 40.9 Å². The molecular weight excluding hydrogens is 392 g/mol. The zero-order valence-electron chi connectivity index (χ0n) is 14.9. The Morgan fingerprint density at radius 2 is 1.77 bits per heavy atom. The largest absolute Gasteiger partial charge is 0.490 e. The molecule has 0 aliphatic carbocycles. The summed E-state index contributed by atoms with van der Waals surface area (Å²) in [5.41, 5.74) is 3.88. The van der Waals surface area contributed by atoms with Crippen LogP contribution < -0.4 is 20.1 Å². The molecule has 0 amide bonds. The molecule has 2 aliphatic rings. The average molecular weight is 417 g/mol. The fraction of sp³-hybridized carbons (Fsp3) is 0.429. The number of halogens is 1. The lowest BCUT2D eigenvalue weighted by atomic mass is 10.0. The van der Waals surface area contributed by atoms with Gasteiger partial charge in [0.1, 0.15) is 24.2 Å². The lowest BCUT2D eigenvalue weighted by Crippen LogP contribution is -2.34. The zero-order valence-corrected chi connectivity index (χ0v) is 16.5. The molecular formula is C21H25BrN2O2. The smallest absolute Gasteiger partial charge is 0.121 e. The minimum atomic E-state index is 0.334. The van der Waals surface area contributed by atoms with Gasteiger partial charge in [0.05, 0.1) is 0 Å². The second-order valence-electron chi connectivity index (χ2n) is 6.97. The van der Waals surface area contributed by atoms with Crippen molar-refractivity contribution in [3.05, 3.63) is 57.6 Å². The number of rotatable bonds is 5. The highest BCUT2D eigenvalue weighted by Crippen LogP contribution is 2.29. The summed E-state index contributed by atoms with van der Waals surface area (Å²) in [5.74, 6) is 1.87. The molecule has 0 spiro atoms. The number of hydrogen-bond acceptors (Lipinski definition) is 4. The Bertz CT molecular complexity index is 742. The zero-order chi connectivity index (χ0) is 17.8. The van der Waals surface area contributed by atoms with E-state index in [1.54, 1.807) is 0 Å². The first-order valence-corrected chi connectivity index (χ1v) is 10.2.